The van der Waals surface area contributed by atoms with Crippen LogP contribution in [-0.2, 0) is 0 Å². The van der Waals surface area contributed by atoms with E-state index in [1.54, 1.807) is 7.05 Å². The van der Waals surface area contributed by atoms with E-state index in [9.17, 15) is 4.79 Å². The number of carbonyl (C=O) groups is 1. The van der Waals surface area contributed by atoms with Crippen molar-refractivity contribution in [3.05, 3.63) is 0 Å². The van der Waals surface area contributed by atoms with Crippen LogP contribution in [0, 0.1) is 0 Å². The van der Waals surface area contributed by atoms with Gasteiger partial charge >= 0.3 is 6.03 Å². The zero-order valence-electron chi connectivity index (χ0n) is 3.99. The summed E-state index contributed by atoms with van der Waals surface area (Å²) in [5.74, 6) is 4.66. The third kappa shape index (κ3) is 3.01. The highest BCUT2D eigenvalue weighted by Gasteiger charge is 1.86. The maximum atomic E-state index is 10.0. The summed E-state index contributed by atoms with van der Waals surface area (Å²) < 4.78 is 0. The molecule has 0 aliphatic heterocycles. The Morgan fingerprint density at radius 2 is 2.29 bits per heavy atom. The minimum absolute atomic E-state index is 0.456. The topological polar surface area (TPSA) is 79.2 Å². The van der Waals surface area contributed by atoms with Gasteiger partial charge < -0.3 is 0 Å². The highest BCUT2D eigenvalue weighted by Crippen LogP contribution is 1.46. The molecule has 2 amide bonds. The number of amides is 2. The Morgan fingerprint density at radius 1 is 1.71 bits per heavy atom. The number of carbonyl (C=O) groups excluding carboxylic acids is 1. The summed E-state index contributed by atoms with van der Waals surface area (Å²) in [4.78, 5) is 10.0. The molecule has 0 rings (SSSR count). The van der Waals surface area contributed by atoms with Crippen molar-refractivity contribution < 1.29 is 4.79 Å². The molecule has 0 atom stereocenters. The van der Waals surface area contributed by atoms with Gasteiger partial charge in [0.2, 0.25) is 0 Å². The van der Waals surface area contributed by atoms with Crippen molar-refractivity contribution in [3.8, 4) is 0 Å². The van der Waals surface area contributed by atoms with Crippen LogP contribution in [0.15, 0.2) is 0 Å². The highest BCUT2D eigenvalue weighted by atomic mass is 16.2. The Labute approximate surface area is 41.2 Å². The van der Waals surface area contributed by atoms with Crippen molar-refractivity contribution in [3.63, 3.8) is 0 Å². The molecule has 0 aliphatic carbocycles. The van der Waals surface area contributed by atoms with Gasteiger partial charge in [0.25, 0.3) is 0 Å². The van der Waals surface area contributed by atoms with E-state index in [0.29, 0.717) is 0 Å². The average Bonchev–Trinajstić information content (AvgIpc) is 1.68. The number of urea groups is 1. The molecule has 5 nitrogen and oxygen atoms in total. The Bertz CT molecular complexity index is 62.7. The van der Waals surface area contributed by atoms with Crippen LogP contribution in [0.4, 0.5) is 4.79 Å². The number of hydrogen-bond donors (Lipinski definition) is 4. The van der Waals surface area contributed by atoms with Crippen LogP contribution in [0.3, 0.4) is 0 Å². The number of nitrogens with one attached hydrogen (secondary N) is 3. The average molecular weight is 104 g/mol. The summed E-state index contributed by atoms with van der Waals surface area (Å²) in [6.45, 7) is 0. The zero-order chi connectivity index (χ0) is 5.70. The fourth-order valence-electron chi connectivity index (χ4n) is 0.150. The summed E-state index contributed by atoms with van der Waals surface area (Å²) in [5, 5.41) is 0. The van der Waals surface area contributed by atoms with Gasteiger partial charge in [0.05, 0.1) is 0 Å². The zero-order valence-corrected chi connectivity index (χ0v) is 3.99. The lowest BCUT2D eigenvalue weighted by atomic mass is 11.1. The number of nitrogens with two attached hydrogens (primary N) is 1. The summed E-state index contributed by atoms with van der Waals surface area (Å²) in [5.41, 5.74) is 6.40. The number of hydrogen-bond acceptors (Lipinski definition) is 3. The van der Waals surface area contributed by atoms with E-state index in [1.165, 1.54) is 0 Å². The third-order valence-electron chi connectivity index (χ3n) is 0.370. The first-order valence-corrected chi connectivity index (χ1v) is 1.74. The molecule has 0 radical (unpaired) electrons. The van der Waals surface area contributed by atoms with Crippen LogP contribution in [0.25, 0.3) is 0 Å². The predicted octanol–water partition coefficient (Wildman–Crippen LogP) is -1.71. The molecule has 0 bridgehead atoms. The van der Waals surface area contributed by atoms with Crippen molar-refractivity contribution in [1.82, 2.24) is 16.3 Å². The molecular weight excluding hydrogens is 96.0 g/mol. The quantitative estimate of drug-likeness (QED) is 0.182. The van der Waals surface area contributed by atoms with Crippen LogP contribution in [-0.4, -0.2) is 13.1 Å². The second-order valence-corrected chi connectivity index (χ2v) is 0.848. The van der Waals surface area contributed by atoms with E-state index >= 15 is 0 Å². The van der Waals surface area contributed by atoms with Gasteiger partial charge in [0.15, 0.2) is 0 Å². The maximum Gasteiger partial charge on any atom is 0.343 e. The normalized spacial score (nSPS) is 7.71. The summed E-state index contributed by atoms with van der Waals surface area (Å²) in [6, 6.07) is -0.456. The Kier molecular flexibility index (Phi) is 2.99. The van der Waals surface area contributed by atoms with E-state index in [4.69, 9.17) is 0 Å². The fraction of sp³-hybridized carbons (Fsp3) is 0.500. The molecule has 42 valence electrons. The molecule has 0 saturated heterocycles. The van der Waals surface area contributed by atoms with Crippen molar-refractivity contribution in [2.45, 2.75) is 0 Å². The second-order valence-electron chi connectivity index (χ2n) is 0.848. The molecular formula is C2H8N4O. The van der Waals surface area contributed by atoms with Gasteiger partial charge in [-0.15, -0.1) is 0 Å². The summed E-state index contributed by atoms with van der Waals surface area (Å²) >= 11 is 0. The Morgan fingerprint density at radius 3 is 2.43 bits per heavy atom. The van der Waals surface area contributed by atoms with Gasteiger partial charge in [0, 0.05) is 7.05 Å². The molecule has 0 spiro atoms. The first-order chi connectivity index (χ1) is 3.31. The van der Waals surface area contributed by atoms with Gasteiger partial charge in [-0.25, -0.2) is 16.1 Å². The second kappa shape index (κ2) is 3.38. The molecule has 0 fully saturated rings. The van der Waals surface area contributed by atoms with Gasteiger partial charge in [-0.1, -0.05) is 0 Å². The summed E-state index contributed by atoms with van der Waals surface area (Å²) in [7, 11) is 1.56. The standard InChI is InChI=1S/C2H8N4O/c1-4-6-2(7)5-3/h4H,3H2,1H3,(H2,5,6,7). The van der Waals surface area contributed by atoms with Crippen molar-refractivity contribution >= 4 is 6.03 Å². The van der Waals surface area contributed by atoms with Gasteiger partial charge in [-0.05, 0) is 0 Å². The van der Waals surface area contributed by atoms with Crippen LogP contribution in [0.1, 0.15) is 0 Å². The Hall–Kier alpha value is -0.810. The van der Waals surface area contributed by atoms with E-state index in [1.807, 2.05) is 5.43 Å². The lowest BCUT2D eigenvalue weighted by Gasteiger charge is -1.97. The van der Waals surface area contributed by atoms with Crippen LogP contribution >= 0.6 is 0 Å². The first kappa shape index (κ1) is 6.19. The highest BCUT2D eigenvalue weighted by molar-refractivity contribution is 5.72. The molecule has 5 heteroatoms. The van der Waals surface area contributed by atoms with Gasteiger partial charge in [-0.2, -0.15) is 0 Å². The molecule has 0 saturated carbocycles. The molecule has 0 unspecified atom stereocenters. The van der Waals surface area contributed by atoms with E-state index in [-0.39, 0.29) is 0 Å². The molecule has 0 heterocycles. The fourth-order valence-corrected chi connectivity index (χ4v) is 0.150. The first-order valence-electron chi connectivity index (χ1n) is 1.74. The van der Waals surface area contributed by atoms with Crippen molar-refractivity contribution in [1.29, 1.82) is 0 Å². The van der Waals surface area contributed by atoms with Crippen molar-refractivity contribution in [2.75, 3.05) is 7.05 Å². The third-order valence-corrected chi connectivity index (χ3v) is 0.370. The predicted molar refractivity (Wildman–Crippen MR) is 24.9 cm³/mol. The molecule has 0 aromatic rings. The molecule has 0 aromatic heterocycles. The number of hydrazine groups is 2. The largest absolute Gasteiger partial charge is 0.343 e. The lowest BCUT2D eigenvalue weighted by Crippen LogP contribution is -2.45. The minimum Gasteiger partial charge on any atom is -0.275 e. The van der Waals surface area contributed by atoms with Gasteiger partial charge in [-0.3, -0.25) is 10.9 Å². The molecule has 7 heavy (non-hydrogen) atoms. The molecule has 5 N–H and O–H groups in total. The van der Waals surface area contributed by atoms with E-state index in [2.05, 4.69) is 16.7 Å². The number of rotatable bonds is 1. The van der Waals surface area contributed by atoms with Crippen LogP contribution in [0.2, 0.25) is 0 Å². The summed E-state index contributed by atoms with van der Waals surface area (Å²) in [6.07, 6.45) is 0. The smallest absolute Gasteiger partial charge is 0.275 e. The SMILES string of the molecule is CNNC(=O)NN. The monoisotopic (exact) mass is 104 g/mol. The van der Waals surface area contributed by atoms with E-state index in [0.717, 1.165) is 0 Å². The Balaban J connectivity index is 3.00. The van der Waals surface area contributed by atoms with E-state index < -0.39 is 6.03 Å². The molecule has 0 aromatic carbocycles. The minimum atomic E-state index is -0.456. The van der Waals surface area contributed by atoms with Gasteiger partial charge in [0.1, 0.15) is 0 Å². The van der Waals surface area contributed by atoms with Crippen molar-refractivity contribution in [2.24, 2.45) is 5.84 Å². The molecule has 0 aliphatic rings. The maximum absolute atomic E-state index is 10.0. The van der Waals surface area contributed by atoms with Crippen LogP contribution in [0.5, 0.6) is 0 Å². The lowest BCUT2D eigenvalue weighted by molar-refractivity contribution is 0.238. The van der Waals surface area contributed by atoms with Crippen LogP contribution < -0.4 is 22.1 Å².